The molecule has 0 saturated heterocycles. The first kappa shape index (κ1) is 13.9. The van der Waals surface area contributed by atoms with Gasteiger partial charge in [0, 0.05) is 28.0 Å². The molecular formula is C24H16N2. The van der Waals surface area contributed by atoms with Crippen LogP contribution in [0.15, 0.2) is 89.9 Å². The van der Waals surface area contributed by atoms with Gasteiger partial charge in [-0.1, -0.05) is 72.8 Å². The zero-order chi connectivity index (χ0) is 17.1. The van der Waals surface area contributed by atoms with Crippen LogP contribution in [0.3, 0.4) is 0 Å². The molecular weight excluding hydrogens is 316 g/mol. The number of benzene rings is 3. The maximum atomic E-state index is 4.96. The third-order valence-corrected chi connectivity index (χ3v) is 5.47. The summed E-state index contributed by atoms with van der Waals surface area (Å²) in [6, 6.07) is 27.7. The Morgan fingerprint density at radius 3 is 2.46 bits per heavy atom. The molecule has 2 heteroatoms. The van der Waals surface area contributed by atoms with Gasteiger partial charge >= 0.3 is 0 Å². The highest BCUT2D eigenvalue weighted by Crippen LogP contribution is 2.47. The lowest BCUT2D eigenvalue weighted by Crippen LogP contribution is -2.14. The molecule has 1 unspecified atom stereocenters. The Morgan fingerprint density at radius 1 is 0.769 bits per heavy atom. The van der Waals surface area contributed by atoms with Gasteiger partial charge in [0.05, 0.1) is 17.1 Å². The van der Waals surface area contributed by atoms with Gasteiger partial charge in [-0.05, 0) is 23.3 Å². The number of rotatable bonds is 1. The number of hydrogen-bond donors (Lipinski definition) is 1. The minimum Gasteiger partial charge on any atom is -0.353 e. The monoisotopic (exact) mass is 332 g/mol. The van der Waals surface area contributed by atoms with Gasteiger partial charge in [0.2, 0.25) is 0 Å². The summed E-state index contributed by atoms with van der Waals surface area (Å²) in [5.74, 6) is 0.224. The summed E-state index contributed by atoms with van der Waals surface area (Å²) >= 11 is 0. The molecule has 4 aromatic rings. The largest absolute Gasteiger partial charge is 0.353 e. The highest BCUT2D eigenvalue weighted by atomic mass is 14.9. The van der Waals surface area contributed by atoms with E-state index in [-0.39, 0.29) is 5.92 Å². The number of aromatic nitrogens is 1. The SMILES string of the molecule is C1=C2C(=Nc3ccccc32)c2[nH]c3ccccc3c2C1c1ccccc1. The van der Waals surface area contributed by atoms with E-state index in [0.29, 0.717) is 0 Å². The predicted octanol–water partition coefficient (Wildman–Crippen LogP) is 5.83. The fraction of sp³-hybridized carbons (Fsp3) is 0.0417. The van der Waals surface area contributed by atoms with E-state index < -0.39 is 0 Å². The summed E-state index contributed by atoms with van der Waals surface area (Å²) < 4.78 is 0. The molecule has 26 heavy (non-hydrogen) atoms. The van der Waals surface area contributed by atoms with Crippen molar-refractivity contribution in [3.05, 3.63) is 107 Å². The molecule has 1 aromatic heterocycles. The molecule has 0 radical (unpaired) electrons. The molecule has 122 valence electrons. The molecule has 2 nitrogen and oxygen atoms in total. The van der Waals surface area contributed by atoms with Crippen molar-refractivity contribution in [2.24, 2.45) is 4.99 Å². The molecule has 0 fully saturated rings. The number of H-pyrrole nitrogens is 1. The van der Waals surface area contributed by atoms with Gasteiger partial charge in [0.25, 0.3) is 0 Å². The molecule has 1 N–H and O–H groups in total. The first-order valence-corrected chi connectivity index (χ1v) is 8.96. The van der Waals surface area contributed by atoms with Crippen LogP contribution >= 0.6 is 0 Å². The van der Waals surface area contributed by atoms with E-state index in [9.17, 15) is 0 Å². The van der Waals surface area contributed by atoms with Crippen LogP contribution in [-0.4, -0.2) is 10.7 Å². The molecule has 2 aliphatic rings. The quantitative estimate of drug-likeness (QED) is 0.454. The molecule has 0 saturated carbocycles. The van der Waals surface area contributed by atoms with Crippen LogP contribution in [0.2, 0.25) is 0 Å². The lowest BCUT2D eigenvalue weighted by atomic mass is 9.80. The van der Waals surface area contributed by atoms with Crippen molar-refractivity contribution in [3.8, 4) is 0 Å². The molecule has 1 aliphatic carbocycles. The number of aromatic amines is 1. The van der Waals surface area contributed by atoms with Crippen LogP contribution in [0.4, 0.5) is 5.69 Å². The van der Waals surface area contributed by atoms with Crippen molar-refractivity contribution in [1.82, 2.24) is 4.98 Å². The van der Waals surface area contributed by atoms with Crippen LogP contribution in [0.1, 0.15) is 28.3 Å². The number of fused-ring (bicyclic) bond motifs is 7. The van der Waals surface area contributed by atoms with Gasteiger partial charge in [0.1, 0.15) is 0 Å². The smallest absolute Gasteiger partial charge is 0.0951 e. The second-order valence-corrected chi connectivity index (χ2v) is 6.91. The Balaban J connectivity index is 1.70. The number of allylic oxidation sites excluding steroid dienone is 2. The van der Waals surface area contributed by atoms with Crippen LogP contribution in [-0.2, 0) is 0 Å². The number of nitrogens with zero attached hydrogens (tertiary/aromatic N) is 1. The molecule has 2 heterocycles. The zero-order valence-electron chi connectivity index (χ0n) is 14.1. The Morgan fingerprint density at radius 2 is 1.54 bits per heavy atom. The van der Waals surface area contributed by atoms with Gasteiger partial charge in [-0.3, -0.25) is 0 Å². The van der Waals surface area contributed by atoms with E-state index >= 15 is 0 Å². The van der Waals surface area contributed by atoms with Gasteiger partial charge in [-0.2, -0.15) is 0 Å². The Labute approximate surface area is 151 Å². The third-order valence-electron chi connectivity index (χ3n) is 5.47. The van der Waals surface area contributed by atoms with Crippen LogP contribution < -0.4 is 0 Å². The van der Waals surface area contributed by atoms with Crippen LogP contribution in [0.25, 0.3) is 16.5 Å². The van der Waals surface area contributed by atoms with Gasteiger partial charge in [0.15, 0.2) is 0 Å². The first-order chi connectivity index (χ1) is 12.9. The molecule has 3 aromatic carbocycles. The Hall–Kier alpha value is -3.39. The van der Waals surface area contributed by atoms with Gasteiger partial charge in [-0.15, -0.1) is 0 Å². The maximum Gasteiger partial charge on any atom is 0.0951 e. The minimum atomic E-state index is 0.224. The standard InChI is InChI=1S/C24H16N2/c1-2-8-15(9-3-1)18-14-19-16-10-4-6-12-20(16)25-23(19)24-22(18)17-11-5-7-13-21(17)26-24/h1-14,18,26H. The summed E-state index contributed by atoms with van der Waals surface area (Å²) in [7, 11) is 0. The van der Waals surface area contributed by atoms with E-state index in [2.05, 4.69) is 89.9 Å². The highest BCUT2D eigenvalue weighted by Gasteiger charge is 2.34. The van der Waals surface area contributed by atoms with Crippen molar-refractivity contribution in [3.63, 3.8) is 0 Å². The summed E-state index contributed by atoms with van der Waals surface area (Å²) in [5, 5.41) is 1.28. The molecule has 0 bridgehead atoms. The second-order valence-electron chi connectivity index (χ2n) is 6.91. The zero-order valence-corrected chi connectivity index (χ0v) is 14.1. The fourth-order valence-electron chi connectivity index (χ4n) is 4.31. The maximum absolute atomic E-state index is 4.96. The normalized spacial score (nSPS) is 17.3. The highest BCUT2D eigenvalue weighted by molar-refractivity contribution is 6.37. The summed E-state index contributed by atoms with van der Waals surface area (Å²) in [5.41, 5.74) is 9.59. The summed E-state index contributed by atoms with van der Waals surface area (Å²) in [6.45, 7) is 0. The predicted molar refractivity (Wildman–Crippen MR) is 107 cm³/mol. The molecule has 0 spiro atoms. The summed E-state index contributed by atoms with van der Waals surface area (Å²) in [4.78, 5) is 8.61. The van der Waals surface area contributed by atoms with Crippen molar-refractivity contribution < 1.29 is 0 Å². The molecule has 1 atom stereocenters. The lowest BCUT2D eigenvalue weighted by Gasteiger charge is -2.22. The average Bonchev–Trinajstić information content (AvgIpc) is 3.27. The Kier molecular flexibility index (Phi) is 2.69. The number of hydrogen-bond acceptors (Lipinski definition) is 1. The number of nitrogens with one attached hydrogen (secondary N) is 1. The Bertz CT molecular complexity index is 1230. The van der Waals surface area contributed by atoms with Gasteiger partial charge < -0.3 is 4.98 Å². The third kappa shape index (κ3) is 1.79. The van der Waals surface area contributed by atoms with Crippen molar-refractivity contribution in [2.75, 3.05) is 0 Å². The summed E-state index contributed by atoms with van der Waals surface area (Å²) in [6.07, 6.45) is 2.39. The number of aliphatic imine (C=N–C) groups is 1. The number of para-hydroxylation sites is 2. The van der Waals surface area contributed by atoms with Crippen molar-refractivity contribution in [2.45, 2.75) is 5.92 Å². The minimum absolute atomic E-state index is 0.224. The van der Waals surface area contributed by atoms with Crippen molar-refractivity contribution >= 4 is 27.9 Å². The van der Waals surface area contributed by atoms with Crippen LogP contribution in [0, 0.1) is 0 Å². The van der Waals surface area contributed by atoms with E-state index in [1.165, 1.54) is 33.2 Å². The lowest BCUT2D eigenvalue weighted by molar-refractivity contribution is 1.03. The van der Waals surface area contributed by atoms with Gasteiger partial charge in [-0.25, -0.2) is 4.99 Å². The topological polar surface area (TPSA) is 28.1 Å². The van der Waals surface area contributed by atoms with Crippen LogP contribution in [0.5, 0.6) is 0 Å². The second kappa shape index (κ2) is 5.06. The molecule has 6 rings (SSSR count). The molecule has 1 aliphatic heterocycles. The average molecular weight is 332 g/mol. The van der Waals surface area contributed by atoms with E-state index in [4.69, 9.17) is 4.99 Å². The van der Waals surface area contributed by atoms with Crippen molar-refractivity contribution in [1.29, 1.82) is 0 Å². The van der Waals surface area contributed by atoms with E-state index in [1.807, 2.05) is 0 Å². The first-order valence-electron chi connectivity index (χ1n) is 8.96. The van der Waals surface area contributed by atoms with E-state index in [0.717, 1.165) is 17.1 Å². The fourth-order valence-corrected chi connectivity index (χ4v) is 4.31. The molecule has 0 amide bonds. The van der Waals surface area contributed by atoms with E-state index in [1.54, 1.807) is 0 Å².